The Morgan fingerprint density at radius 3 is 3.06 bits per heavy atom. The number of aryl methyl sites for hydroxylation is 1. The molecule has 1 aromatic rings. The van der Waals surface area contributed by atoms with Crippen molar-refractivity contribution < 1.29 is 5.11 Å². The van der Waals surface area contributed by atoms with Crippen LogP contribution in [0.2, 0.25) is 0 Å². The van der Waals surface area contributed by atoms with Crippen LogP contribution in [0.3, 0.4) is 0 Å². The zero-order chi connectivity index (χ0) is 12.3. The lowest BCUT2D eigenvalue weighted by Crippen LogP contribution is -2.30. The number of aliphatic hydroxyl groups excluding tert-OH is 1. The minimum absolute atomic E-state index is 0.155. The lowest BCUT2D eigenvalue weighted by molar-refractivity contribution is 0.0504. The van der Waals surface area contributed by atoms with Crippen molar-refractivity contribution in [1.82, 2.24) is 14.8 Å². The average Bonchev–Trinajstić information content (AvgIpc) is 2.72. The van der Waals surface area contributed by atoms with Gasteiger partial charge in [-0.15, -0.1) is 0 Å². The largest absolute Gasteiger partial charge is 0.393 e. The van der Waals surface area contributed by atoms with Crippen LogP contribution in [0.1, 0.15) is 45.4 Å². The molecular weight excluding hydrogens is 214 g/mol. The lowest BCUT2D eigenvalue weighted by atomic mass is 9.78. The molecule has 0 radical (unpaired) electrons. The van der Waals surface area contributed by atoms with Crippen LogP contribution >= 0.6 is 0 Å². The van der Waals surface area contributed by atoms with E-state index in [0.29, 0.717) is 5.92 Å². The molecule has 0 saturated heterocycles. The fourth-order valence-electron chi connectivity index (χ4n) is 2.78. The van der Waals surface area contributed by atoms with Gasteiger partial charge in [-0.2, -0.15) is 5.10 Å². The highest BCUT2D eigenvalue weighted by Crippen LogP contribution is 2.30. The number of hydrogen-bond donors (Lipinski definition) is 1. The summed E-state index contributed by atoms with van der Waals surface area (Å²) in [6, 6.07) is 0. The highest BCUT2D eigenvalue weighted by Gasteiger charge is 2.28. The topological polar surface area (TPSA) is 50.9 Å². The molecule has 0 amide bonds. The molecule has 1 aliphatic carbocycles. The molecule has 1 fully saturated rings. The normalized spacial score (nSPS) is 29.5. The Bertz CT molecular complexity index is 350. The van der Waals surface area contributed by atoms with Crippen molar-refractivity contribution in [2.24, 2.45) is 11.8 Å². The fraction of sp³-hybridized carbons (Fsp3) is 0.846. The molecule has 4 nitrogen and oxygen atoms in total. The molecule has 0 spiro atoms. The minimum Gasteiger partial charge on any atom is -0.393 e. The maximum atomic E-state index is 10.0. The first-order chi connectivity index (χ1) is 8.20. The summed E-state index contributed by atoms with van der Waals surface area (Å²) in [7, 11) is 0. The molecule has 1 aromatic heterocycles. The maximum Gasteiger partial charge on any atom is 0.138 e. The van der Waals surface area contributed by atoms with E-state index in [1.165, 1.54) is 0 Å². The molecule has 3 atom stereocenters. The van der Waals surface area contributed by atoms with Gasteiger partial charge in [0.1, 0.15) is 12.2 Å². The highest BCUT2D eigenvalue weighted by atomic mass is 16.3. The highest BCUT2D eigenvalue weighted by molar-refractivity contribution is 4.91. The summed E-state index contributed by atoms with van der Waals surface area (Å²) >= 11 is 0. The van der Waals surface area contributed by atoms with E-state index < -0.39 is 0 Å². The van der Waals surface area contributed by atoms with Gasteiger partial charge < -0.3 is 5.11 Å². The first kappa shape index (κ1) is 12.6. The van der Waals surface area contributed by atoms with Crippen molar-refractivity contribution in [3.05, 3.63) is 12.2 Å². The van der Waals surface area contributed by atoms with Gasteiger partial charge in [0.15, 0.2) is 0 Å². The standard InChI is InChI=1S/C13H23N3O/c1-3-6-16-13(14-9-15-16)8-11-7-10(2)4-5-12(11)17/h9-12,17H,3-8H2,1-2H3. The zero-order valence-corrected chi connectivity index (χ0v) is 10.8. The SMILES string of the molecule is CCCn1ncnc1CC1CC(C)CCC1O. The van der Waals surface area contributed by atoms with E-state index in [1.807, 2.05) is 4.68 Å². The van der Waals surface area contributed by atoms with E-state index in [2.05, 4.69) is 23.9 Å². The second-order valence-electron chi connectivity index (χ2n) is 5.35. The molecule has 1 heterocycles. The summed E-state index contributed by atoms with van der Waals surface area (Å²) in [6.07, 6.45) is 6.61. The Morgan fingerprint density at radius 1 is 1.47 bits per heavy atom. The predicted octanol–water partition coefficient (Wildman–Crippen LogP) is 2.03. The Kier molecular flexibility index (Phi) is 4.15. The minimum atomic E-state index is -0.155. The number of nitrogens with zero attached hydrogens (tertiary/aromatic N) is 3. The number of aliphatic hydroxyl groups is 1. The van der Waals surface area contributed by atoms with Gasteiger partial charge in [-0.05, 0) is 37.5 Å². The third-order valence-corrected chi connectivity index (χ3v) is 3.78. The van der Waals surface area contributed by atoms with Crippen molar-refractivity contribution in [1.29, 1.82) is 0 Å². The summed E-state index contributed by atoms with van der Waals surface area (Å²) in [6.45, 7) is 5.34. The number of hydrogen-bond acceptors (Lipinski definition) is 3. The molecule has 1 aliphatic rings. The molecule has 3 unspecified atom stereocenters. The monoisotopic (exact) mass is 237 g/mol. The molecule has 0 bridgehead atoms. The molecule has 17 heavy (non-hydrogen) atoms. The molecule has 2 rings (SSSR count). The molecular formula is C13H23N3O. The summed E-state index contributed by atoms with van der Waals surface area (Å²) in [4.78, 5) is 4.33. The fourth-order valence-corrected chi connectivity index (χ4v) is 2.78. The van der Waals surface area contributed by atoms with Gasteiger partial charge in [0.05, 0.1) is 6.10 Å². The Morgan fingerprint density at radius 2 is 2.29 bits per heavy atom. The average molecular weight is 237 g/mol. The van der Waals surface area contributed by atoms with Crippen molar-refractivity contribution in [3.63, 3.8) is 0 Å². The molecule has 0 aliphatic heterocycles. The van der Waals surface area contributed by atoms with E-state index in [-0.39, 0.29) is 6.10 Å². The van der Waals surface area contributed by atoms with E-state index in [9.17, 15) is 5.11 Å². The van der Waals surface area contributed by atoms with Crippen LogP contribution in [0.4, 0.5) is 0 Å². The number of aromatic nitrogens is 3. The maximum absolute atomic E-state index is 10.0. The van der Waals surface area contributed by atoms with Crippen LogP contribution in [0.25, 0.3) is 0 Å². The lowest BCUT2D eigenvalue weighted by Gasteiger charge is -2.31. The van der Waals surface area contributed by atoms with Gasteiger partial charge in [-0.1, -0.05) is 13.8 Å². The Labute approximate surface area is 103 Å². The first-order valence-corrected chi connectivity index (χ1v) is 6.75. The van der Waals surface area contributed by atoms with Crippen molar-refractivity contribution in [2.45, 2.75) is 58.6 Å². The Hall–Kier alpha value is -0.900. The van der Waals surface area contributed by atoms with Crippen molar-refractivity contribution in [2.75, 3.05) is 0 Å². The smallest absolute Gasteiger partial charge is 0.138 e. The van der Waals surface area contributed by atoms with Crippen molar-refractivity contribution in [3.8, 4) is 0 Å². The third-order valence-electron chi connectivity index (χ3n) is 3.78. The molecule has 1 saturated carbocycles. The van der Waals surface area contributed by atoms with Crippen LogP contribution in [-0.2, 0) is 13.0 Å². The second kappa shape index (κ2) is 5.63. The van der Waals surface area contributed by atoms with Crippen LogP contribution in [-0.4, -0.2) is 26.0 Å². The number of rotatable bonds is 4. The molecule has 0 aromatic carbocycles. The van der Waals surface area contributed by atoms with Gasteiger partial charge in [0, 0.05) is 13.0 Å². The Balaban J connectivity index is 2.01. The van der Waals surface area contributed by atoms with E-state index >= 15 is 0 Å². The summed E-state index contributed by atoms with van der Waals surface area (Å²) in [5, 5.41) is 14.3. The van der Waals surface area contributed by atoms with Crippen LogP contribution < -0.4 is 0 Å². The quantitative estimate of drug-likeness (QED) is 0.871. The summed E-state index contributed by atoms with van der Waals surface area (Å²) in [5.74, 6) is 2.12. The third kappa shape index (κ3) is 3.06. The summed E-state index contributed by atoms with van der Waals surface area (Å²) < 4.78 is 1.98. The first-order valence-electron chi connectivity index (χ1n) is 6.75. The molecule has 1 N–H and O–H groups in total. The predicted molar refractivity (Wildman–Crippen MR) is 66.5 cm³/mol. The zero-order valence-electron chi connectivity index (χ0n) is 10.8. The van der Waals surface area contributed by atoms with E-state index in [0.717, 1.165) is 50.4 Å². The molecule has 96 valence electrons. The van der Waals surface area contributed by atoms with Crippen LogP contribution in [0.15, 0.2) is 6.33 Å². The second-order valence-corrected chi connectivity index (χ2v) is 5.35. The van der Waals surface area contributed by atoms with E-state index in [4.69, 9.17) is 0 Å². The van der Waals surface area contributed by atoms with Gasteiger partial charge in [-0.3, -0.25) is 4.68 Å². The summed E-state index contributed by atoms with van der Waals surface area (Å²) in [5.41, 5.74) is 0. The van der Waals surface area contributed by atoms with Crippen LogP contribution in [0.5, 0.6) is 0 Å². The van der Waals surface area contributed by atoms with Gasteiger partial charge in [-0.25, -0.2) is 4.98 Å². The van der Waals surface area contributed by atoms with Gasteiger partial charge >= 0.3 is 0 Å². The van der Waals surface area contributed by atoms with E-state index in [1.54, 1.807) is 6.33 Å². The molecule has 4 heteroatoms. The van der Waals surface area contributed by atoms with Gasteiger partial charge in [0.25, 0.3) is 0 Å². The van der Waals surface area contributed by atoms with Crippen molar-refractivity contribution >= 4 is 0 Å². The van der Waals surface area contributed by atoms with Crippen LogP contribution in [0, 0.1) is 11.8 Å². The van der Waals surface area contributed by atoms with Gasteiger partial charge in [0.2, 0.25) is 0 Å².